The Morgan fingerprint density at radius 2 is 1.41 bits per heavy atom. The first kappa shape index (κ1) is 16.8. The zero-order chi connectivity index (χ0) is 18.8. The van der Waals surface area contributed by atoms with Gasteiger partial charge in [0.25, 0.3) is 11.8 Å². The van der Waals surface area contributed by atoms with Crippen molar-refractivity contribution in [2.24, 2.45) is 0 Å². The molecule has 0 radical (unpaired) electrons. The lowest BCUT2D eigenvalue weighted by molar-refractivity contribution is -0.154. The smallest absolute Gasteiger partial charge is 0.269 e. The van der Waals surface area contributed by atoms with Crippen molar-refractivity contribution in [2.45, 2.75) is 12.0 Å². The Balaban J connectivity index is 1.65. The second-order valence-corrected chi connectivity index (χ2v) is 6.44. The van der Waals surface area contributed by atoms with E-state index >= 15 is 0 Å². The number of phenols is 1. The number of aromatic hydroxyl groups is 1. The van der Waals surface area contributed by atoms with E-state index < -0.39 is 0 Å². The highest BCUT2D eigenvalue weighted by Gasteiger charge is 2.50. The van der Waals surface area contributed by atoms with Crippen molar-refractivity contribution in [2.75, 3.05) is 0 Å². The Kier molecular flexibility index (Phi) is 4.34. The summed E-state index contributed by atoms with van der Waals surface area (Å²) >= 11 is 0. The summed E-state index contributed by atoms with van der Waals surface area (Å²) in [6.07, 6.45) is 0. The van der Waals surface area contributed by atoms with E-state index in [0.717, 1.165) is 11.1 Å². The molecule has 5 nitrogen and oxygen atoms in total. The summed E-state index contributed by atoms with van der Waals surface area (Å²) in [4.78, 5) is 25.4. The lowest BCUT2D eigenvalue weighted by atomic mass is 9.79. The quantitative estimate of drug-likeness (QED) is 0.702. The number of phenolic OH excluding ortho intramolecular Hbond substituents is 1. The molecule has 0 saturated carbocycles. The molecule has 0 spiro atoms. The van der Waals surface area contributed by atoms with Gasteiger partial charge in [0, 0.05) is 5.56 Å². The van der Waals surface area contributed by atoms with Crippen LogP contribution >= 0.6 is 0 Å². The van der Waals surface area contributed by atoms with Crippen molar-refractivity contribution >= 4 is 11.8 Å². The first-order valence-corrected chi connectivity index (χ1v) is 8.68. The molecular formula is C22H18N2O3. The normalized spacial score (nSPS) is 18.7. The van der Waals surface area contributed by atoms with Gasteiger partial charge in [-0.05, 0) is 35.4 Å². The maximum Gasteiger partial charge on any atom is 0.269 e. The number of β-lactam (4-membered cyclic amide) rings is 1. The van der Waals surface area contributed by atoms with Crippen LogP contribution in [0.4, 0.5) is 0 Å². The number of benzene rings is 3. The zero-order valence-electron chi connectivity index (χ0n) is 14.4. The molecule has 2 amide bonds. The predicted molar refractivity (Wildman–Crippen MR) is 101 cm³/mol. The van der Waals surface area contributed by atoms with E-state index in [1.54, 1.807) is 48.5 Å². The van der Waals surface area contributed by atoms with Gasteiger partial charge in [-0.2, -0.15) is 0 Å². The summed E-state index contributed by atoms with van der Waals surface area (Å²) in [5, 5.41) is 10.9. The molecule has 134 valence electrons. The molecule has 5 heteroatoms. The number of carbonyl (C=O) groups is 2. The number of nitrogens with one attached hydrogen (secondary N) is 1. The second-order valence-electron chi connectivity index (χ2n) is 6.44. The SMILES string of the molecule is O=C(NN1C(=O)[C@@H](c2ccccc2)[C@@H]1c1ccc(O)cc1)c1ccccc1. The van der Waals surface area contributed by atoms with Crippen LogP contribution < -0.4 is 5.43 Å². The maximum atomic E-state index is 12.8. The Labute approximate surface area is 156 Å². The summed E-state index contributed by atoms with van der Waals surface area (Å²) in [5.74, 6) is -0.727. The Hall–Kier alpha value is -3.60. The molecule has 27 heavy (non-hydrogen) atoms. The zero-order valence-corrected chi connectivity index (χ0v) is 14.4. The molecule has 1 aliphatic heterocycles. The number of amides is 2. The van der Waals surface area contributed by atoms with Crippen molar-refractivity contribution in [3.63, 3.8) is 0 Å². The van der Waals surface area contributed by atoms with Gasteiger partial charge in [0.15, 0.2) is 0 Å². The van der Waals surface area contributed by atoms with Crippen LogP contribution in [0.15, 0.2) is 84.9 Å². The predicted octanol–water partition coefficient (Wildman–Crippen LogP) is 3.40. The molecule has 2 N–H and O–H groups in total. The van der Waals surface area contributed by atoms with Gasteiger partial charge in [0.1, 0.15) is 5.75 Å². The molecule has 1 fully saturated rings. The minimum atomic E-state index is -0.383. The van der Waals surface area contributed by atoms with E-state index in [9.17, 15) is 14.7 Å². The van der Waals surface area contributed by atoms with Crippen LogP contribution in [0, 0.1) is 0 Å². The van der Waals surface area contributed by atoms with Crippen LogP contribution in [-0.4, -0.2) is 21.9 Å². The molecule has 2 atom stereocenters. The number of nitrogens with zero attached hydrogens (tertiary/aromatic N) is 1. The molecular weight excluding hydrogens is 340 g/mol. The van der Waals surface area contributed by atoms with E-state index in [4.69, 9.17) is 0 Å². The van der Waals surface area contributed by atoms with Crippen molar-refractivity contribution in [1.29, 1.82) is 0 Å². The van der Waals surface area contributed by atoms with E-state index in [1.165, 1.54) is 5.01 Å². The van der Waals surface area contributed by atoms with Crippen LogP contribution in [0.25, 0.3) is 0 Å². The molecule has 0 unspecified atom stereocenters. The van der Waals surface area contributed by atoms with Crippen LogP contribution in [-0.2, 0) is 4.79 Å². The molecule has 1 saturated heterocycles. The van der Waals surface area contributed by atoms with Crippen LogP contribution in [0.2, 0.25) is 0 Å². The highest BCUT2D eigenvalue weighted by atomic mass is 16.3. The topological polar surface area (TPSA) is 69.6 Å². The number of hydrazine groups is 1. The van der Waals surface area contributed by atoms with Gasteiger partial charge in [-0.25, -0.2) is 5.01 Å². The molecule has 3 aromatic rings. The molecule has 3 aromatic carbocycles. The van der Waals surface area contributed by atoms with Gasteiger partial charge < -0.3 is 5.11 Å². The third kappa shape index (κ3) is 3.15. The largest absolute Gasteiger partial charge is 0.508 e. The van der Waals surface area contributed by atoms with Crippen molar-refractivity contribution in [1.82, 2.24) is 10.4 Å². The highest BCUT2D eigenvalue weighted by Crippen LogP contribution is 2.45. The molecule has 0 aromatic heterocycles. The highest BCUT2D eigenvalue weighted by molar-refractivity contribution is 5.98. The molecule has 0 aliphatic carbocycles. The van der Waals surface area contributed by atoms with Crippen LogP contribution in [0.5, 0.6) is 5.75 Å². The van der Waals surface area contributed by atoms with Gasteiger partial charge >= 0.3 is 0 Å². The summed E-state index contributed by atoms with van der Waals surface area (Å²) in [6.45, 7) is 0. The number of carbonyl (C=O) groups excluding carboxylic acids is 2. The molecule has 1 aliphatic rings. The lowest BCUT2D eigenvalue weighted by Crippen LogP contribution is -2.60. The average molecular weight is 358 g/mol. The van der Waals surface area contributed by atoms with Gasteiger partial charge in [0.2, 0.25) is 0 Å². The average Bonchev–Trinajstić information content (AvgIpc) is 2.72. The van der Waals surface area contributed by atoms with Gasteiger partial charge in [0.05, 0.1) is 12.0 Å². The summed E-state index contributed by atoms with van der Waals surface area (Å²) in [6, 6.07) is 24.6. The maximum absolute atomic E-state index is 12.8. The van der Waals surface area contributed by atoms with Gasteiger partial charge in [-0.1, -0.05) is 60.7 Å². The number of rotatable bonds is 4. The molecule has 1 heterocycles. The first-order valence-electron chi connectivity index (χ1n) is 8.68. The minimum Gasteiger partial charge on any atom is -0.508 e. The van der Waals surface area contributed by atoms with Crippen LogP contribution in [0.1, 0.15) is 33.4 Å². The van der Waals surface area contributed by atoms with Gasteiger partial charge in [-0.3, -0.25) is 15.0 Å². The summed E-state index contributed by atoms with van der Waals surface area (Å²) in [7, 11) is 0. The standard InChI is InChI=1S/C22H18N2O3/c25-18-13-11-16(12-14-18)20-19(15-7-3-1-4-8-15)22(27)24(20)23-21(26)17-9-5-2-6-10-17/h1-14,19-20,25H,(H,23,26)/t19-,20-/m0/s1. The Morgan fingerprint density at radius 1 is 0.815 bits per heavy atom. The number of hydrogen-bond acceptors (Lipinski definition) is 3. The lowest BCUT2D eigenvalue weighted by Gasteiger charge is -2.47. The fourth-order valence-corrected chi connectivity index (χ4v) is 3.38. The Morgan fingerprint density at radius 3 is 2.04 bits per heavy atom. The van der Waals surface area contributed by atoms with Crippen molar-refractivity contribution in [3.05, 3.63) is 102 Å². The van der Waals surface area contributed by atoms with Crippen LogP contribution in [0.3, 0.4) is 0 Å². The van der Waals surface area contributed by atoms with E-state index in [-0.39, 0.29) is 29.5 Å². The summed E-state index contributed by atoms with van der Waals surface area (Å²) < 4.78 is 0. The monoisotopic (exact) mass is 358 g/mol. The van der Waals surface area contributed by atoms with E-state index in [1.807, 2.05) is 36.4 Å². The van der Waals surface area contributed by atoms with Crippen molar-refractivity contribution in [3.8, 4) is 5.75 Å². The fraction of sp³-hybridized carbons (Fsp3) is 0.0909. The first-order chi connectivity index (χ1) is 13.1. The van der Waals surface area contributed by atoms with E-state index in [2.05, 4.69) is 5.43 Å². The minimum absolute atomic E-state index is 0.153. The number of hydrogen-bond donors (Lipinski definition) is 2. The Bertz CT molecular complexity index is 956. The third-order valence-corrected chi connectivity index (χ3v) is 4.75. The van der Waals surface area contributed by atoms with Crippen molar-refractivity contribution < 1.29 is 14.7 Å². The van der Waals surface area contributed by atoms with Gasteiger partial charge in [-0.15, -0.1) is 0 Å². The second kappa shape index (κ2) is 6.96. The fourth-order valence-electron chi connectivity index (χ4n) is 3.38. The molecule has 0 bridgehead atoms. The summed E-state index contributed by atoms with van der Waals surface area (Å²) in [5.41, 5.74) is 4.95. The van der Waals surface area contributed by atoms with E-state index in [0.29, 0.717) is 5.56 Å². The molecule has 4 rings (SSSR count). The third-order valence-electron chi connectivity index (χ3n) is 4.75.